The number of hydrogen-bond acceptors (Lipinski definition) is 3. The van der Waals surface area contributed by atoms with E-state index in [9.17, 15) is 22.4 Å². The van der Waals surface area contributed by atoms with Crippen molar-refractivity contribution in [3.8, 4) is 11.5 Å². The molecule has 0 radical (unpaired) electrons. The lowest BCUT2D eigenvalue weighted by atomic mass is 10.1. The maximum absolute atomic E-state index is 12.2. The second kappa shape index (κ2) is 8.14. The molecular weight excluding hydrogens is 328 g/mol. The van der Waals surface area contributed by atoms with Gasteiger partial charge >= 0.3 is 13.2 Å². The molecule has 0 aliphatic carbocycles. The molecule has 7 heteroatoms. The minimum absolute atomic E-state index is 0.00493. The van der Waals surface area contributed by atoms with Gasteiger partial charge in [-0.05, 0) is 35.9 Å². The molecule has 0 saturated heterocycles. The number of ketones is 1. The summed E-state index contributed by atoms with van der Waals surface area (Å²) in [4.78, 5) is 12.0. The van der Waals surface area contributed by atoms with Gasteiger partial charge in [-0.25, -0.2) is 0 Å². The molecule has 0 heterocycles. The Kier molecular flexibility index (Phi) is 5.95. The fourth-order valence-corrected chi connectivity index (χ4v) is 1.85. The minimum Gasteiger partial charge on any atom is -0.435 e. The van der Waals surface area contributed by atoms with E-state index in [2.05, 4.69) is 9.47 Å². The summed E-state index contributed by atoms with van der Waals surface area (Å²) in [5.74, 6) is -0.523. The number of ether oxygens (including phenoxy) is 2. The van der Waals surface area contributed by atoms with E-state index in [1.807, 2.05) is 0 Å². The van der Waals surface area contributed by atoms with Crippen molar-refractivity contribution in [3.63, 3.8) is 0 Å². The number of hydrogen-bond donors (Lipinski definition) is 0. The number of allylic oxidation sites excluding steroid dienone is 1. The highest BCUT2D eigenvalue weighted by Gasteiger charge is 2.08. The van der Waals surface area contributed by atoms with Gasteiger partial charge in [0.05, 0.1) is 0 Å². The summed E-state index contributed by atoms with van der Waals surface area (Å²) in [6.45, 7) is -5.88. The van der Waals surface area contributed by atoms with Gasteiger partial charge in [-0.1, -0.05) is 30.3 Å². The Balaban J connectivity index is 2.04. The molecule has 126 valence electrons. The molecule has 3 nitrogen and oxygen atoms in total. The normalized spacial score (nSPS) is 11.2. The first kappa shape index (κ1) is 17.5. The van der Waals surface area contributed by atoms with Crippen LogP contribution in [0.3, 0.4) is 0 Å². The summed E-state index contributed by atoms with van der Waals surface area (Å²) in [5.41, 5.74) is 0.770. The Morgan fingerprint density at radius 1 is 0.875 bits per heavy atom. The van der Waals surface area contributed by atoms with Crippen LogP contribution in [0.4, 0.5) is 17.6 Å². The zero-order chi connectivity index (χ0) is 17.5. The second-order valence-electron chi connectivity index (χ2n) is 4.55. The highest BCUT2D eigenvalue weighted by molar-refractivity contribution is 6.07. The standard InChI is InChI=1S/C17H12F4O3/c18-16(19)23-13-7-4-11(5-8-13)6-9-15(22)12-2-1-3-14(10-12)24-17(20)21/h1-10,16-17H/b9-6+. The van der Waals surface area contributed by atoms with Crippen LogP contribution in [0.5, 0.6) is 11.5 Å². The molecule has 0 aliphatic rings. The molecule has 0 N–H and O–H groups in total. The van der Waals surface area contributed by atoms with Crippen LogP contribution >= 0.6 is 0 Å². The molecule has 0 unspecified atom stereocenters. The van der Waals surface area contributed by atoms with E-state index in [0.717, 1.165) is 0 Å². The first-order chi connectivity index (χ1) is 11.4. The molecule has 0 fully saturated rings. The quantitative estimate of drug-likeness (QED) is 0.413. The van der Waals surface area contributed by atoms with E-state index in [4.69, 9.17) is 0 Å². The van der Waals surface area contributed by atoms with Crippen molar-refractivity contribution < 1.29 is 31.8 Å². The minimum atomic E-state index is -2.97. The molecule has 2 aromatic carbocycles. The predicted octanol–water partition coefficient (Wildman–Crippen LogP) is 4.79. The highest BCUT2D eigenvalue weighted by Crippen LogP contribution is 2.18. The van der Waals surface area contributed by atoms with Crippen molar-refractivity contribution in [2.24, 2.45) is 0 Å². The Labute approximate surface area is 135 Å². The van der Waals surface area contributed by atoms with Gasteiger partial charge in [-0.3, -0.25) is 4.79 Å². The van der Waals surface area contributed by atoms with Gasteiger partial charge in [0.1, 0.15) is 11.5 Å². The summed E-state index contributed by atoms with van der Waals surface area (Å²) in [7, 11) is 0. The Hall–Kier alpha value is -2.83. The molecule has 0 spiro atoms. The van der Waals surface area contributed by atoms with Crippen LogP contribution in [0.15, 0.2) is 54.6 Å². The predicted molar refractivity (Wildman–Crippen MR) is 79.5 cm³/mol. The molecule has 0 amide bonds. The van der Waals surface area contributed by atoms with E-state index in [1.54, 1.807) is 0 Å². The van der Waals surface area contributed by atoms with Gasteiger partial charge in [0.15, 0.2) is 5.78 Å². The number of halogens is 4. The smallest absolute Gasteiger partial charge is 0.387 e. The summed E-state index contributed by atoms with van der Waals surface area (Å²) in [5, 5.41) is 0. The van der Waals surface area contributed by atoms with Crippen LogP contribution in [-0.4, -0.2) is 19.0 Å². The lowest BCUT2D eigenvalue weighted by molar-refractivity contribution is -0.0505. The van der Waals surface area contributed by atoms with E-state index in [0.29, 0.717) is 5.56 Å². The maximum Gasteiger partial charge on any atom is 0.387 e. The Morgan fingerprint density at radius 3 is 2.12 bits per heavy atom. The first-order valence-electron chi connectivity index (χ1n) is 6.76. The van der Waals surface area contributed by atoms with E-state index < -0.39 is 19.0 Å². The van der Waals surface area contributed by atoms with Gasteiger partial charge in [-0.15, -0.1) is 0 Å². The molecule has 24 heavy (non-hydrogen) atoms. The fraction of sp³-hybridized carbons (Fsp3) is 0.118. The average molecular weight is 340 g/mol. The third-order valence-electron chi connectivity index (χ3n) is 2.88. The monoisotopic (exact) mass is 340 g/mol. The number of rotatable bonds is 7. The number of carbonyl (C=O) groups is 1. The van der Waals surface area contributed by atoms with Gasteiger partial charge in [-0.2, -0.15) is 17.6 Å². The molecule has 0 saturated carbocycles. The zero-order valence-corrected chi connectivity index (χ0v) is 12.2. The number of alkyl halides is 4. The van der Waals surface area contributed by atoms with Crippen LogP contribution in [0.25, 0.3) is 6.08 Å². The largest absolute Gasteiger partial charge is 0.435 e. The Bertz CT molecular complexity index is 712. The summed E-state index contributed by atoms with van der Waals surface area (Å²) in [6, 6.07) is 11.1. The molecule has 2 rings (SSSR count). The zero-order valence-electron chi connectivity index (χ0n) is 12.2. The number of carbonyl (C=O) groups excluding carboxylic acids is 1. The van der Waals surface area contributed by atoms with Crippen molar-refractivity contribution in [1.29, 1.82) is 0 Å². The van der Waals surface area contributed by atoms with E-state index >= 15 is 0 Å². The molecular formula is C17H12F4O3. The average Bonchev–Trinajstić information content (AvgIpc) is 2.53. The van der Waals surface area contributed by atoms with Crippen LogP contribution < -0.4 is 9.47 Å². The third-order valence-corrected chi connectivity index (χ3v) is 2.88. The molecule has 0 bridgehead atoms. The van der Waals surface area contributed by atoms with Crippen molar-refractivity contribution >= 4 is 11.9 Å². The maximum atomic E-state index is 12.2. The summed E-state index contributed by atoms with van der Waals surface area (Å²) < 4.78 is 56.8. The van der Waals surface area contributed by atoms with Crippen LogP contribution in [0.2, 0.25) is 0 Å². The van der Waals surface area contributed by atoms with Crippen LogP contribution in [0.1, 0.15) is 15.9 Å². The summed E-state index contributed by atoms with van der Waals surface area (Å²) >= 11 is 0. The van der Waals surface area contributed by atoms with Crippen molar-refractivity contribution in [1.82, 2.24) is 0 Å². The van der Waals surface area contributed by atoms with Gasteiger partial charge in [0.2, 0.25) is 0 Å². The van der Waals surface area contributed by atoms with E-state index in [-0.39, 0.29) is 17.1 Å². The Morgan fingerprint density at radius 2 is 1.50 bits per heavy atom. The molecule has 0 atom stereocenters. The molecule has 0 aliphatic heterocycles. The van der Waals surface area contributed by atoms with Crippen LogP contribution in [0, 0.1) is 0 Å². The van der Waals surface area contributed by atoms with Crippen molar-refractivity contribution in [2.75, 3.05) is 0 Å². The SMILES string of the molecule is O=C(/C=C/c1ccc(OC(F)F)cc1)c1cccc(OC(F)F)c1. The molecule has 2 aromatic rings. The fourth-order valence-electron chi connectivity index (χ4n) is 1.85. The van der Waals surface area contributed by atoms with E-state index in [1.165, 1.54) is 60.7 Å². The lowest BCUT2D eigenvalue weighted by Crippen LogP contribution is -2.03. The third kappa shape index (κ3) is 5.42. The lowest BCUT2D eigenvalue weighted by Gasteiger charge is -2.05. The van der Waals surface area contributed by atoms with Gasteiger partial charge < -0.3 is 9.47 Å². The van der Waals surface area contributed by atoms with Crippen molar-refractivity contribution in [3.05, 3.63) is 65.7 Å². The number of benzene rings is 2. The first-order valence-corrected chi connectivity index (χ1v) is 6.76. The second-order valence-corrected chi connectivity index (χ2v) is 4.55. The van der Waals surface area contributed by atoms with Gasteiger partial charge in [0.25, 0.3) is 0 Å². The molecule has 0 aromatic heterocycles. The van der Waals surface area contributed by atoms with Gasteiger partial charge in [0, 0.05) is 5.56 Å². The summed E-state index contributed by atoms with van der Waals surface area (Å²) in [6.07, 6.45) is 2.71. The topological polar surface area (TPSA) is 35.5 Å². The van der Waals surface area contributed by atoms with Crippen molar-refractivity contribution in [2.45, 2.75) is 13.2 Å². The highest BCUT2D eigenvalue weighted by atomic mass is 19.3. The van der Waals surface area contributed by atoms with Crippen LogP contribution in [-0.2, 0) is 0 Å².